The van der Waals surface area contributed by atoms with Gasteiger partial charge in [0.2, 0.25) is 5.91 Å². The predicted octanol–water partition coefficient (Wildman–Crippen LogP) is 2.28. The Morgan fingerprint density at radius 3 is 2.43 bits per heavy atom. The maximum absolute atomic E-state index is 11.7. The van der Waals surface area contributed by atoms with E-state index in [4.69, 9.17) is 9.84 Å². The second-order valence-corrected chi connectivity index (χ2v) is 4.62. The van der Waals surface area contributed by atoms with Crippen LogP contribution in [0.5, 0.6) is 0 Å². The zero-order chi connectivity index (χ0) is 16.0. The molecular weight excluding hydrogens is 274 g/mol. The van der Waals surface area contributed by atoms with Crippen LogP contribution in [-0.4, -0.2) is 29.6 Å². The number of esters is 1. The highest BCUT2D eigenvalue weighted by molar-refractivity contribution is 5.96. The number of carboxylic acid groups (broad SMARTS) is 1. The second-order valence-electron chi connectivity index (χ2n) is 4.62. The summed E-state index contributed by atoms with van der Waals surface area (Å²) in [4.78, 5) is 34.0. The summed E-state index contributed by atoms with van der Waals surface area (Å²) in [7, 11) is 0. The number of benzene rings is 1. The zero-order valence-corrected chi connectivity index (χ0v) is 12.4. The standard InChI is InChI=1S/C15H19NO5/c1-4-21-14(18)6-5-13(17)16-11-7-9(2)10(3)12(8-11)15(19)20/h7-8H,4-6H2,1-3H3,(H,16,17)(H,19,20). The zero-order valence-electron chi connectivity index (χ0n) is 12.4. The Labute approximate surface area is 123 Å². The quantitative estimate of drug-likeness (QED) is 0.785. The van der Waals surface area contributed by atoms with Crippen LogP contribution in [0, 0.1) is 13.8 Å². The van der Waals surface area contributed by atoms with E-state index in [1.807, 2.05) is 0 Å². The van der Waals surface area contributed by atoms with Crippen molar-refractivity contribution in [1.29, 1.82) is 0 Å². The molecule has 1 rings (SSSR count). The van der Waals surface area contributed by atoms with E-state index in [9.17, 15) is 14.4 Å². The smallest absolute Gasteiger partial charge is 0.336 e. The molecule has 0 fully saturated rings. The molecule has 0 saturated heterocycles. The average Bonchev–Trinajstić information content (AvgIpc) is 2.40. The number of amides is 1. The minimum atomic E-state index is -1.04. The lowest BCUT2D eigenvalue weighted by Crippen LogP contribution is -2.15. The van der Waals surface area contributed by atoms with Gasteiger partial charge in [0, 0.05) is 12.1 Å². The van der Waals surface area contributed by atoms with Crippen molar-refractivity contribution in [3.63, 3.8) is 0 Å². The maximum Gasteiger partial charge on any atom is 0.336 e. The third kappa shape index (κ3) is 4.91. The molecule has 0 radical (unpaired) electrons. The molecule has 0 aliphatic carbocycles. The minimum absolute atomic E-state index is 0.00367. The Morgan fingerprint density at radius 1 is 1.19 bits per heavy atom. The van der Waals surface area contributed by atoms with Crippen molar-refractivity contribution < 1.29 is 24.2 Å². The molecule has 1 aromatic rings. The van der Waals surface area contributed by atoms with Crippen LogP contribution < -0.4 is 5.32 Å². The molecule has 2 N–H and O–H groups in total. The molecular formula is C15H19NO5. The number of hydrogen-bond acceptors (Lipinski definition) is 4. The number of aromatic carboxylic acids is 1. The van der Waals surface area contributed by atoms with Gasteiger partial charge in [0.15, 0.2) is 0 Å². The van der Waals surface area contributed by atoms with Crippen molar-refractivity contribution in [1.82, 2.24) is 0 Å². The van der Waals surface area contributed by atoms with Crippen LogP contribution >= 0.6 is 0 Å². The Morgan fingerprint density at radius 2 is 1.86 bits per heavy atom. The van der Waals surface area contributed by atoms with Crippen molar-refractivity contribution >= 4 is 23.5 Å². The predicted molar refractivity (Wildman–Crippen MR) is 77.4 cm³/mol. The minimum Gasteiger partial charge on any atom is -0.478 e. The maximum atomic E-state index is 11.7. The van der Waals surface area contributed by atoms with E-state index in [2.05, 4.69) is 5.32 Å². The van der Waals surface area contributed by atoms with E-state index in [0.29, 0.717) is 11.3 Å². The van der Waals surface area contributed by atoms with Crippen molar-refractivity contribution in [3.8, 4) is 0 Å². The Balaban J connectivity index is 2.73. The molecule has 1 amide bonds. The number of carbonyl (C=O) groups excluding carboxylic acids is 2. The van der Waals surface area contributed by atoms with Gasteiger partial charge in [-0.15, -0.1) is 0 Å². The van der Waals surface area contributed by atoms with E-state index >= 15 is 0 Å². The number of anilines is 1. The number of hydrogen-bond donors (Lipinski definition) is 2. The Kier molecular flexibility index (Phi) is 5.90. The van der Waals surface area contributed by atoms with Gasteiger partial charge in [-0.1, -0.05) is 0 Å². The first-order valence-corrected chi connectivity index (χ1v) is 6.65. The first kappa shape index (κ1) is 16.7. The average molecular weight is 293 g/mol. The number of aryl methyl sites for hydroxylation is 1. The van der Waals surface area contributed by atoms with Crippen LogP contribution in [0.4, 0.5) is 5.69 Å². The molecule has 0 aliphatic rings. The van der Waals surface area contributed by atoms with Gasteiger partial charge in [-0.3, -0.25) is 9.59 Å². The van der Waals surface area contributed by atoms with E-state index in [0.717, 1.165) is 5.56 Å². The van der Waals surface area contributed by atoms with Crippen molar-refractivity contribution in [3.05, 3.63) is 28.8 Å². The van der Waals surface area contributed by atoms with Gasteiger partial charge in [0.25, 0.3) is 0 Å². The molecule has 0 aliphatic heterocycles. The monoisotopic (exact) mass is 293 g/mol. The summed E-state index contributed by atoms with van der Waals surface area (Å²) in [5, 5.41) is 11.7. The molecule has 0 spiro atoms. The van der Waals surface area contributed by atoms with Crippen LogP contribution in [0.2, 0.25) is 0 Å². The molecule has 6 heteroatoms. The van der Waals surface area contributed by atoms with Crippen molar-refractivity contribution in [2.75, 3.05) is 11.9 Å². The summed E-state index contributed by atoms with van der Waals surface area (Å²) in [6.45, 7) is 5.46. The number of ether oxygens (including phenoxy) is 1. The van der Waals surface area contributed by atoms with Crippen molar-refractivity contribution in [2.24, 2.45) is 0 Å². The number of nitrogens with one attached hydrogen (secondary N) is 1. The van der Waals surface area contributed by atoms with E-state index in [-0.39, 0.29) is 30.9 Å². The van der Waals surface area contributed by atoms with Crippen LogP contribution in [-0.2, 0) is 14.3 Å². The third-order valence-corrected chi connectivity index (χ3v) is 3.04. The molecule has 21 heavy (non-hydrogen) atoms. The number of carbonyl (C=O) groups is 3. The molecule has 6 nitrogen and oxygen atoms in total. The summed E-state index contributed by atoms with van der Waals surface area (Å²) in [6.07, 6.45) is -0.00946. The topological polar surface area (TPSA) is 92.7 Å². The van der Waals surface area contributed by atoms with E-state index in [1.165, 1.54) is 6.07 Å². The van der Waals surface area contributed by atoms with Crippen LogP contribution in [0.3, 0.4) is 0 Å². The molecule has 0 aromatic heterocycles. The highest BCUT2D eigenvalue weighted by atomic mass is 16.5. The first-order valence-electron chi connectivity index (χ1n) is 6.65. The fourth-order valence-electron chi connectivity index (χ4n) is 1.83. The second kappa shape index (κ2) is 7.42. The molecule has 0 bridgehead atoms. The van der Waals surface area contributed by atoms with Crippen LogP contribution in [0.1, 0.15) is 41.3 Å². The molecule has 1 aromatic carbocycles. The number of carboxylic acids is 1. The van der Waals surface area contributed by atoms with Gasteiger partial charge >= 0.3 is 11.9 Å². The van der Waals surface area contributed by atoms with E-state index < -0.39 is 11.9 Å². The highest BCUT2D eigenvalue weighted by Gasteiger charge is 2.13. The SMILES string of the molecule is CCOC(=O)CCC(=O)Nc1cc(C)c(C)c(C(=O)O)c1. The summed E-state index contributed by atoms with van der Waals surface area (Å²) < 4.78 is 4.73. The van der Waals surface area contributed by atoms with Gasteiger partial charge in [0.1, 0.15) is 0 Å². The Hall–Kier alpha value is -2.37. The summed E-state index contributed by atoms with van der Waals surface area (Å²) in [6, 6.07) is 3.11. The molecule has 114 valence electrons. The van der Waals surface area contributed by atoms with Crippen molar-refractivity contribution in [2.45, 2.75) is 33.6 Å². The van der Waals surface area contributed by atoms with Gasteiger partial charge in [-0.05, 0) is 44.0 Å². The summed E-state index contributed by atoms with van der Waals surface area (Å²) in [5.41, 5.74) is 1.99. The van der Waals surface area contributed by atoms with Gasteiger partial charge < -0.3 is 15.2 Å². The van der Waals surface area contributed by atoms with Crippen LogP contribution in [0.15, 0.2) is 12.1 Å². The van der Waals surface area contributed by atoms with Gasteiger partial charge in [-0.25, -0.2) is 4.79 Å². The number of rotatable bonds is 6. The molecule has 0 unspecified atom stereocenters. The fourth-order valence-corrected chi connectivity index (χ4v) is 1.83. The van der Waals surface area contributed by atoms with Gasteiger partial charge in [0.05, 0.1) is 18.6 Å². The molecule has 0 heterocycles. The molecule has 0 saturated carbocycles. The lowest BCUT2D eigenvalue weighted by atomic mass is 10.0. The van der Waals surface area contributed by atoms with Crippen LogP contribution in [0.25, 0.3) is 0 Å². The fraction of sp³-hybridized carbons (Fsp3) is 0.400. The summed E-state index contributed by atoms with van der Waals surface area (Å²) in [5.74, 6) is -1.83. The first-order chi connectivity index (χ1) is 9.85. The van der Waals surface area contributed by atoms with Gasteiger partial charge in [-0.2, -0.15) is 0 Å². The lowest BCUT2D eigenvalue weighted by molar-refractivity contribution is -0.144. The highest BCUT2D eigenvalue weighted by Crippen LogP contribution is 2.20. The normalized spacial score (nSPS) is 10.0. The third-order valence-electron chi connectivity index (χ3n) is 3.04. The van der Waals surface area contributed by atoms with E-state index in [1.54, 1.807) is 26.8 Å². The lowest BCUT2D eigenvalue weighted by Gasteiger charge is -2.10. The Bertz CT molecular complexity index is 565. The molecule has 0 atom stereocenters. The summed E-state index contributed by atoms with van der Waals surface area (Å²) >= 11 is 0. The largest absolute Gasteiger partial charge is 0.478 e.